The van der Waals surface area contributed by atoms with E-state index in [0.29, 0.717) is 11.4 Å². The van der Waals surface area contributed by atoms with Crippen LogP contribution in [0.5, 0.6) is 5.88 Å². The van der Waals surface area contributed by atoms with Gasteiger partial charge in [0.05, 0.1) is 15.2 Å². The number of carbonyl (C=O) groups excluding carboxylic acids is 1. The third kappa shape index (κ3) is 2.83. The Morgan fingerprint density at radius 3 is 2.71 bits per heavy atom. The average molecular weight is 306 g/mol. The molecule has 1 rings (SSSR count). The summed E-state index contributed by atoms with van der Waals surface area (Å²) >= 11 is 2.06. The third-order valence-electron chi connectivity index (χ3n) is 1.44. The number of nitrogens with two attached hydrogens (primary N) is 1. The highest BCUT2D eigenvalue weighted by atomic mass is 127. The van der Waals surface area contributed by atoms with E-state index in [9.17, 15) is 4.79 Å². The highest BCUT2D eigenvalue weighted by molar-refractivity contribution is 14.1. The fourth-order valence-corrected chi connectivity index (χ4v) is 1.47. The van der Waals surface area contributed by atoms with Crippen LogP contribution in [0.4, 0.5) is 0 Å². The second-order valence-electron chi connectivity index (χ2n) is 3.04. The number of hydrogen-bond donors (Lipinski definition) is 1. The van der Waals surface area contributed by atoms with Crippen LogP contribution in [-0.4, -0.2) is 17.0 Å². The number of pyridine rings is 1. The molecule has 0 aromatic carbocycles. The first kappa shape index (κ1) is 11.2. The van der Waals surface area contributed by atoms with Gasteiger partial charge in [0.25, 0.3) is 0 Å². The largest absolute Gasteiger partial charge is 0.474 e. The summed E-state index contributed by atoms with van der Waals surface area (Å²) in [6.07, 6.45) is 1.48. The third-order valence-corrected chi connectivity index (χ3v) is 2.21. The summed E-state index contributed by atoms with van der Waals surface area (Å²) in [7, 11) is 0. The van der Waals surface area contributed by atoms with Crippen molar-refractivity contribution < 1.29 is 9.53 Å². The Morgan fingerprint density at radius 2 is 2.29 bits per heavy atom. The van der Waals surface area contributed by atoms with Gasteiger partial charge < -0.3 is 10.5 Å². The van der Waals surface area contributed by atoms with Crippen LogP contribution in [0.1, 0.15) is 24.2 Å². The minimum atomic E-state index is -0.480. The van der Waals surface area contributed by atoms with Crippen LogP contribution in [0.15, 0.2) is 12.3 Å². The number of amides is 1. The maximum atomic E-state index is 10.8. The van der Waals surface area contributed by atoms with Gasteiger partial charge in [-0.25, -0.2) is 4.98 Å². The Labute approximate surface area is 96.0 Å². The number of halogens is 1. The molecule has 0 spiro atoms. The molecule has 0 saturated heterocycles. The first-order chi connectivity index (χ1) is 6.50. The molecule has 0 radical (unpaired) electrons. The van der Waals surface area contributed by atoms with E-state index in [4.69, 9.17) is 10.5 Å². The standard InChI is InChI=1S/C9H11IN2O2/c1-5(2)14-9-7(10)3-6(4-12-9)8(11)13/h3-5H,1-2H3,(H2,11,13). The Kier molecular flexibility index (Phi) is 3.68. The number of ether oxygens (including phenoxy) is 1. The van der Waals surface area contributed by atoms with Crippen LogP contribution < -0.4 is 10.5 Å². The van der Waals surface area contributed by atoms with Gasteiger partial charge in [0.1, 0.15) is 0 Å². The monoisotopic (exact) mass is 306 g/mol. The summed E-state index contributed by atoms with van der Waals surface area (Å²) in [6.45, 7) is 3.83. The molecule has 1 heterocycles. The van der Waals surface area contributed by atoms with E-state index in [1.807, 2.05) is 13.8 Å². The van der Waals surface area contributed by atoms with Crippen LogP contribution >= 0.6 is 22.6 Å². The fraction of sp³-hybridized carbons (Fsp3) is 0.333. The van der Waals surface area contributed by atoms with Gasteiger partial charge in [0.2, 0.25) is 11.8 Å². The van der Waals surface area contributed by atoms with Gasteiger partial charge in [0.15, 0.2) is 0 Å². The first-order valence-electron chi connectivity index (χ1n) is 4.12. The lowest BCUT2D eigenvalue weighted by molar-refractivity contribution is 0.1000. The number of rotatable bonds is 3. The molecule has 0 aliphatic heterocycles. The Hall–Kier alpha value is -0.850. The van der Waals surface area contributed by atoms with Crippen LogP contribution in [0.2, 0.25) is 0 Å². The van der Waals surface area contributed by atoms with Crippen molar-refractivity contribution >= 4 is 28.5 Å². The predicted molar refractivity (Wildman–Crippen MR) is 61.2 cm³/mol. The summed E-state index contributed by atoms with van der Waals surface area (Å²) < 4.78 is 6.19. The van der Waals surface area contributed by atoms with Crippen LogP contribution in [0.3, 0.4) is 0 Å². The van der Waals surface area contributed by atoms with E-state index < -0.39 is 5.91 Å². The van der Waals surface area contributed by atoms with Crippen LogP contribution in [0, 0.1) is 3.57 Å². The van der Waals surface area contributed by atoms with Gasteiger partial charge in [-0.05, 0) is 42.5 Å². The van der Waals surface area contributed by atoms with Crippen molar-refractivity contribution in [1.29, 1.82) is 0 Å². The summed E-state index contributed by atoms with van der Waals surface area (Å²) in [5, 5.41) is 0. The van der Waals surface area contributed by atoms with Crippen molar-refractivity contribution in [2.45, 2.75) is 20.0 Å². The maximum Gasteiger partial charge on any atom is 0.250 e. The number of nitrogens with zero attached hydrogens (tertiary/aromatic N) is 1. The van der Waals surface area contributed by atoms with Gasteiger partial charge in [0, 0.05) is 6.20 Å². The number of carbonyl (C=O) groups is 1. The van der Waals surface area contributed by atoms with E-state index in [0.717, 1.165) is 3.57 Å². The number of primary amides is 1. The fourth-order valence-electron chi connectivity index (χ4n) is 0.870. The van der Waals surface area contributed by atoms with E-state index in [1.54, 1.807) is 6.07 Å². The summed E-state index contributed by atoms with van der Waals surface area (Å²) in [6, 6.07) is 1.66. The molecular formula is C9H11IN2O2. The molecule has 2 N–H and O–H groups in total. The van der Waals surface area contributed by atoms with Crippen molar-refractivity contribution in [1.82, 2.24) is 4.98 Å². The molecule has 0 aliphatic rings. The molecule has 5 heteroatoms. The highest BCUT2D eigenvalue weighted by Crippen LogP contribution is 2.19. The molecule has 0 saturated carbocycles. The van der Waals surface area contributed by atoms with E-state index in [2.05, 4.69) is 27.6 Å². The van der Waals surface area contributed by atoms with Crippen molar-refractivity contribution in [2.24, 2.45) is 5.73 Å². The summed E-state index contributed by atoms with van der Waals surface area (Å²) in [5.74, 6) is 0.0529. The molecule has 0 unspecified atom stereocenters. The molecule has 1 amide bonds. The molecule has 0 bridgehead atoms. The van der Waals surface area contributed by atoms with E-state index in [1.165, 1.54) is 6.20 Å². The van der Waals surface area contributed by atoms with Gasteiger partial charge >= 0.3 is 0 Å². The molecule has 0 atom stereocenters. The first-order valence-corrected chi connectivity index (χ1v) is 5.20. The highest BCUT2D eigenvalue weighted by Gasteiger charge is 2.08. The number of aromatic nitrogens is 1. The van der Waals surface area contributed by atoms with Gasteiger partial charge in [-0.1, -0.05) is 0 Å². The second kappa shape index (κ2) is 4.59. The molecule has 4 nitrogen and oxygen atoms in total. The topological polar surface area (TPSA) is 65.2 Å². The number of hydrogen-bond acceptors (Lipinski definition) is 3. The minimum absolute atomic E-state index is 0.0652. The Balaban J connectivity index is 2.95. The zero-order valence-corrected chi connectivity index (χ0v) is 10.1. The van der Waals surface area contributed by atoms with Gasteiger partial charge in [-0.15, -0.1) is 0 Å². The molecule has 1 aromatic rings. The minimum Gasteiger partial charge on any atom is -0.474 e. The molecule has 76 valence electrons. The quantitative estimate of drug-likeness (QED) is 0.862. The Morgan fingerprint density at radius 1 is 1.64 bits per heavy atom. The molecule has 14 heavy (non-hydrogen) atoms. The lowest BCUT2D eigenvalue weighted by atomic mass is 10.3. The summed E-state index contributed by atoms with van der Waals surface area (Å²) in [4.78, 5) is 14.8. The van der Waals surface area contributed by atoms with Gasteiger partial charge in [-0.3, -0.25) is 4.79 Å². The zero-order valence-electron chi connectivity index (χ0n) is 7.95. The predicted octanol–water partition coefficient (Wildman–Crippen LogP) is 1.57. The summed E-state index contributed by atoms with van der Waals surface area (Å²) in [5.41, 5.74) is 5.50. The van der Waals surface area contributed by atoms with Crippen molar-refractivity contribution in [3.05, 3.63) is 21.4 Å². The zero-order chi connectivity index (χ0) is 10.7. The molecule has 0 aliphatic carbocycles. The van der Waals surface area contributed by atoms with E-state index >= 15 is 0 Å². The van der Waals surface area contributed by atoms with Crippen molar-refractivity contribution in [3.63, 3.8) is 0 Å². The molecular weight excluding hydrogens is 295 g/mol. The lowest BCUT2D eigenvalue weighted by Crippen LogP contribution is -2.13. The Bertz CT molecular complexity index is 353. The second-order valence-corrected chi connectivity index (χ2v) is 4.20. The normalized spacial score (nSPS) is 10.3. The molecule has 0 fully saturated rings. The molecule has 1 aromatic heterocycles. The van der Waals surface area contributed by atoms with Crippen LogP contribution in [0.25, 0.3) is 0 Å². The van der Waals surface area contributed by atoms with Crippen molar-refractivity contribution in [2.75, 3.05) is 0 Å². The van der Waals surface area contributed by atoms with Crippen molar-refractivity contribution in [3.8, 4) is 5.88 Å². The van der Waals surface area contributed by atoms with Gasteiger partial charge in [-0.2, -0.15) is 0 Å². The smallest absolute Gasteiger partial charge is 0.250 e. The average Bonchev–Trinajstić information content (AvgIpc) is 2.07. The maximum absolute atomic E-state index is 10.8. The lowest BCUT2D eigenvalue weighted by Gasteiger charge is -2.10. The van der Waals surface area contributed by atoms with E-state index in [-0.39, 0.29) is 6.10 Å². The van der Waals surface area contributed by atoms with Crippen LogP contribution in [-0.2, 0) is 0 Å². The SMILES string of the molecule is CC(C)Oc1ncc(C(N)=O)cc1I.